The lowest BCUT2D eigenvalue weighted by molar-refractivity contribution is 0.279. The molecule has 0 saturated carbocycles. The molecule has 0 bridgehead atoms. The van der Waals surface area contributed by atoms with E-state index in [9.17, 15) is 4.39 Å². The highest BCUT2D eigenvalue weighted by atomic mass is 35.5. The molecule has 5 heteroatoms. The minimum Gasteiger partial charge on any atom is -0.493 e. The van der Waals surface area contributed by atoms with Crippen molar-refractivity contribution in [1.29, 1.82) is 0 Å². The second-order valence-corrected chi connectivity index (χ2v) is 6.41. The van der Waals surface area contributed by atoms with Crippen molar-refractivity contribution in [2.75, 3.05) is 13.7 Å². The zero-order valence-electron chi connectivity index (χ0n) is 14.2. The highest BCUT2D eigenvalue weighted by Crippen LogP contribution is 2.34. The van der Waals surface area contributed by atoms with Gasteiger partial charge in [-0.1, -0.05) is 43.6 Å². The van der Waals surface area contributed by atoms with Gasteiger partial charge in [-0.25, -0.2) is 4.39 Å². The van der Waals surface area contributed by atoms with Crippen LogP contribution < -0.4 is 14.8 Å². The van der Waals surface area contributed by atoms with Gasteiger partial charge in [-0.2, -0.15) is 0 Å². The van der Waals surface area contributed by atoms with Gasteiger partial charge in [0.05, 0.1) is 7.11 Å². The first-order valence-electron chi connectivity index (χ1n) is 7.94. The maximum Gasteiger partial charge on any atom is 0.163 e. The van der Waals surface area contributed by atoms with Crippen molar-refractivity contribution in [3.63, 3.8) is 0 Å². The average molecular weight is 352 g/mol. The number of halogens is 2. The molecular formula is C19H23ClFNO2. The van der Waals surface area contributed by atoms with Crippen molar-refractivity contribution in [3.05, 3.63) is 58.4 Å². The first-order chi connectivity index (χ1) is 11.5. The molecule has 3 nitrogen and oxygen atoms in total. The number of benzene rings is 2. The molecule has 0 fully saturated rings. The fourth-order valence-corrected chi connectivity index (χ4v) is 2.47. The Morgan fingerprint density at radius 1 is 1.12 bits per heavy atom. The van der Waals surface area contributed by atoms with Crippen LogP contribution in [0.3, 0.4) is 0 Å². The Balaban J connectivity index is 2.10. The van der Waals surface area contributed by atoms with Gasteiger partial charge < -0.3 is 14.8 Å². The van der Waals surface area contributed by atoms with Gasteiger partial charge in [0, 0.05) is 23.2 Å². The van der Waals surface area contributed by atoms with Crippen LogP contribution in [0, 0.1) is 11.7 Å². The molecule has 0 saturated heterocycles. The second-order valence-electron chi connectivity index (χ2n) is 6.00. The monoisotopic (exact) mass is 351 g/mol. The molecule has 0 amide bonds. The average Bonchev–Trinajstić information content (AvgIpc) is 2.55. The maximum atomic E-state index is 13.7. The Labute approximate surface area is 147 Å². The van der Waals surface area contributed by atoms with E-state index in [2.05, 4.69) is 19.2 Å². The van der Waals surface area contributed by atoms with Crippen LogP contribution in [0.2, 0.25) is 5.02 Å². The molecule has 0 aromatic heterocycles. The van der Waals surface area contributed by atoms with Gasteiger partial charge in [0.2, 0.25) is 0 Å². The molecular weight excluding hydrogens is 329 g/mol. The first kappa shape index (κ1) is 18.6. The van der Waals surface area contributed by atoms with Crippen LogP contribution in [0.4, 0.5) is 4.39 Å². The van der Waals surface area contributed by atoms with Crippen molar-refractivity contribution in [3.8, 4) is 11.5 Å². The summed E-state index contributed by atoms with van der Waals surface area (Å²) >= 11 is 6.34. The quantitative estimate of drug-likeness (QED) is 0.740. The van der Waals surface area contributed by atoms with Crippen molar-refractivity contribution >= 4 is 11.6 Å². The number of hydrogen-bond donors (Lipinski definition) is 1. The van der Waals surface area contributed by atoms with E-state index < -0.39 is 0 Å². The predicted molar refractivity (Wildman–Crippen MR) is 95.3 cm³/mol. The SMILES string of the molecule is COc1cc(CNCC(C)C)c(Cl)cc1OCc1ccccc1F. The smallest absolute Gasteiger partial charge is 0.163 e. The predicted octanol–water partition coefficient (Wildman–Crippen LogP) is 4.81. The van der Waals surface area contributed by atoms with Crippen LogP contribution >= 0.6 is 11.6 Å². The molecule has 0 aliphatic heterocycles. The molecule has 0 aliphatic carbocycles. The van der Waals surface area contributed by atoms with Gasteiger partial charge >= 0.3 is 0 Å². The highest BCUT2D eigenvalue weighted by molar-refractivity contribution is 6.31. The number of hydrogen-bond acceptors (Lipinski definition) is 3. The first-order valence-corrected chi connectivity index (χ1v) is 8.32. The lowest BCUT2D eigenvalue weighted by Crippen LogP contribution is -2.19. The number of nitrogens with one attached hydrogen (secondary N) is 1. The molecule has 130 valence electrons. The zero-order valence-corrected chi connectivity index (χ0v) is 15.0. The largest absolute Gasteiger partial charge is 0.493 e. The lowest BCUT2D eigenvalue weighted by Gasteiger charge is -2.15. The molecule has 0 heterocycles. The van der Waals surface area contributed by atoms with E-state index in [0.717, 1.165) is 12.1 Å². The molecule has 0 aliphatic rings. The van der Waals surface area contributed by atoms with Gasteiger partial charge in [-0.15, -0.1) is 0 Å². The summed E-state index contributed by atoms with van der Waals surface area (Å²) < 4.78 is 24.8. The van der Waals surface area contributed by atoms with E-state index in [1.165, 1.54) is 6.07 Å². The molecule has 24 heavy (non-hydrogen) atoms. The number of ether oxygens (including phenoxy) is 2. The summed E-state index contributed by atoms with van der Waals surface area (Å²) in [6, 6.07) is 10.1. The molecule has 0 spiro atoms. The minimum absolute atomic E-state index is 0.115. The highest BCUT2D eigenvalue weighted by Gasteiger charge is 2.12. The van der Waals surface area contributed by atoms with Gasteiger partial charge in [0.1, 0.15) is 12.4 Å². The van der Waals surface area contributed by atoms with E-state index >= 15 is 0 Å². The van der Waals surface area contributed by atoms with E-state index in [1.54, 1.807) is 31.4 Å². The third-order valence-electron chi connectivity index (χ3n) is 3.54. The summed E-state index contributed by atoms with van der Waals surface area (Å²) in [7, 11) is 1.57. The Hall–Kier alpha value is -1.78. The summed E-state index contributed by atoms with van der Waals surface area (Å²) in [5.74, 6) is 1.35. The van der Waals surface area contributed by atoms with Crippen molar-refractivity contribution in [1.82, 2.24) is 5.32 Å². The third kappa shape index (κ3) is 5.11. The van der Waals surface area contributed by atoms with Crippen molar-refractivity contribution in [2.45, 2.75) is 27.0 Å². The van der Waals surface area contributed by atoms with Crippen molar-refractivity contribution in [2.24, 2.45) is 5.92 Å². The Morgan fingerprint density at radius 3 is 2.54 bits per heavy atom. The third-order valence-corrected chi connectivity index (χ3v) is 3.89. The van der Waals surface area contributed by atoms with E-state index in [4.69, 9.17) is 21.1 Å². The second kappa shape index (κ2) is 8.90. The van der Waals surface area contributed by atoms with Gasteiger partial charge in [-0.3, -0.25) is 0 Å². The Morgan fingerprint density at radius 2 is 1.88 bits per heavy atom. The number of methoxy groups -OCH3 is 1. The van der Waals surface area contributed by atoms with Crippen LogP contribution in [0.25, 0.3) is 0 Å². The van der Waals surface area contributed by atoms with E-state index in [-0.39, 0.29) is 12.4 Å². The Bertz CT molecular complexity index is 676. The van der Waals surface area contributed by atoms with Crippen LogP contribution in [0.1, 0.15) is 25.0 Å². The zero-order chi connectivity index (χ0) is 17.5. The molecule has 0 radical (unpaired) electrons. The molecule has 0 atom stereocenters. The van der Waals surface area contributed by atoms with Crippen LogP contribution in [0.5, 0.6) is 11.5 Å². The fraction of sp³-hybridized carbons (Fsp3) is 0.368. The van der Waals surface area contributed by atoms with Crippen LogP contribution in [0.15, 0.2) is 36.4 Å². The van der Waals surface area contributed by atoms with Gasteiger partial charge in [0.25, 0.3) is 0 Å². The summed E-state index contributed by atoms with van der Waals surface area (Å²) in [4.78, 5) is 0. The standard InChI is InChI=1S/C19H23ClFNO2/c1-13(2)10-22-11-15-8-18(23-3)19(9-16(15)20)24-12-14-6-4-5-7-17(14)21/h4-9,13,22H,10-12H2,1-3H3. The van der Waals surface area contributed by atoms with Crippen LogP contribution in [-0.4, -0.2) is 13.7 Å². The summed E-state index contributed by atoms with van der Waals surface area (Å²) in [5.41, 5.74) is 1.42. The van der Waals surface area contributed by atoms with Crippen molar-refractivity contribution < 1.29 is 13.9 Å². The lowest BCUT2D eigenvalue weighted by atomic mass is 10.1. The molecule has 2 aromatic rings. The molecule has 0 unspecified atom stereocenters. The summed E-state index contributed by atoms with van der Waals surface area (Å²) in [6.07, 6.45) is 0. The minimum atomic E-state index is -0.294. The fourth-order valence-electron chi connectivity index (χ4n) is 2.25. The van der Waals surface area contributed by atoms with Gasteiger partial charge in [0.15, 0.2) is 11.5 Å². The van der Waals surface area contributed by atoms with E-state index in [1.807, 2.05) is 6.07 Å². The van der Waals surface area contributed by atoms with Crippen LogP contribution in [-0.2, 0) is 13.2 Å². The molecule has 2 rings (SSSR count). The summed E-state index contributed by atoms with van der Waals surface area (Å²) in [6.45, 7) is 5.97. The Kier molecular flexibility index (Phi) is 6.88. The normalized spacial score (nSPS) is 10.9. The maximum absolute atomic E-state index is 13.7. The topological polar surface area (TPSA) is 30.5 Å². The molecule has 1 N–H and O–H groups in total. The van der Waals surface area contributed by atoms with Gasteiger partial charge in [-0.05, 0) is 30.2 Å². The van der Waals surface area contributed by atoms with E-state index in [0.29, 0.717) is 34.5 Å². The number of rotatable bonds is 8. The summed E-state index contributed by atoms with van der Waals surface area (Å²) in [5, 5.41) is 3.94. The molecule has 2 aromatic carbocycles.